The van der Waals surface area contributed by atoms with Gasteiger partial charge in [0.2, 0.25) is 0 Å². The molecule has 2 rings (SSSR count). The predicted octanol–water partition coefficient (Wildman–Crippen LogP) is 3.66. The summed E-state index contributed by atoms with van der Waals surface area (Å²) >= 11 is 3.58. The van der Waals surface area contributed by atoms with E-state index < -0.39 is 0 Å². The van der Waals surface area contributed by atoms with Gasteiger partial charge in [0.15, 0.2) is 0 Å². The van der Waals surface area contributed by atoms with Gasteiger partial charge in [-0.25, -0.2) is 0 Å². The molecule has 3 heteroatoms. The van der Waals surface area contributed by atoms with Crippen LogP contribution in [0.4, 0.5) is 0 Å². The number of hydrogen-bond donors (Lipinski definition) is 1. The first-order valence-corrected chi connectivity index (χ1v) is 7.25. The van der Waals surface area contributed by atoms with Crippen molar-refractivity contribution in [1.29, 1.82) is 0 Å². The first-order chi connectivity index (χ1) is 8.45. The van der Waals surface area contributed by atoms with Crippen molar-refractivity contribution >= 4 is 15.9 Å². The molecule has 0 aromatic heterocycles. The van der Waals surface area contributed by atoms with E-state index in [-0.39, 0.29) is 5.41 Å². The molecule has 18 heavy (non-hydrogen) atoms. The molecular weight excluding hydrogens is 290 g/mol. The Bertz CT molecular complexity index is 431. The lowest BCUT2D eigenvalue weighted by atomic mass is 9.64. The molecule has 1 saturated carbocycles. The molecule has 0 saturated heterocycles. The molecule has 1 N–H and O–H groups in total. The summed E-state index contributed by atoms with van der Waals surface area (Å²) < 4.78 is 6.66. The van der Waals surface area contributed by atoms with Crippen LogP contribution in [0.25, 0.3) is 0 Å². The highest BCUT2D eigenvalue weighted by Gasteiger charge is 2.48. The summed E-state index contributed by atoms with van der Waals surface area (Å²) in [6, 6.07) is 7.09. The van der Waals surface area contributed by atoms with Gasteiger partial charge >= 0.3 is 0 Å². The van der Waals surface area contributed by atoms with Crippen molar-refractivity contribution in [3.05, 3.63) is 33.8 Å². The number of aryl methyl sites for hydroxylation is 1. The van der Waals surface area contributed by atoms with Crippen LogP contribution in [0.1, 0.15) is 31.4 Å². The molecule has 1 aromatic rings. The Hall–Kier alpha value is -0.380. The van der Waals surface area contributed by atoms with Crippen LogP contribution in [0, 0.1) is 12.3 Å². The molecule has 1 aromatic carbocycles. The van der Waals surface area contributed by atoms with Crippen LogP contribution < -0.4 is 5.32 Å². The van der Waals surface area contributed by atoms with Crippen LogP contribution in [-0.4, -0.2) is 19.3 Å². The van der Waals surface area contributed by atoms with E-state index in [9.17, 15) is 0 Å². The van der Waals surface area contributed by atoms with E-state index in [1.54, 1.807) is 7.11 Å². The fourth-order valence-electron chi connectivity index (χ4n) is 2.62. The Morgan fingerprint density at radius 2 is 2.17 bits per heavy atom. The SMILES string of the molecule is COC1CC(NCc2ccc(C)c(Br)c2)C1(C)C. The fraction of sp³-hybridized carbons (Fsp3) is 0.600. The molecule has 1 aliphatic carbocycles. The van der Waals surface area contributed by atoms with Crippen molar-refractivity contribution in [2.24, 2.45) is 5.41 Å². The molecule has 2 atom stereocenters. The van der Waals surface area contributed by atoms with Crippen LogP contribution in [0.3, 0.4) is 0 Å². The Labute approximate surface area is 118 Å². The maximum atomic E-state index is 5.47. The Kier molecular flexibility index (Phi) is 4.15. The average Bonchev–Trinajstić information content (AvgIpc) is 2.32. The minimum absolute atomic E-state index is 0.233. The maximum absolute atomic E-state index is 5.47. The van der Waals surface area contributed by atoms with Gasteiger partial charge in [0.05, 0.1) is 6.10 Å². The standard InChI is InChI=1S/C15H22BrNO/c1-10-5-6-11(7-12(10)16)9-17-13-8-14(18-4)15(13,2)3/h5-7,13-14,17H,8-9H2,1-4H3. The molecule has 2 nitrogen and oxygen atoms in total. The molecule has 100 valence electrons. The summed E-state index contributed by atoms with van der Waals surface area (Å²) in [4.78, 5) is 0. The van der Waals surface area contributed by atoms with Gasteiger partial charge in [-0.1, -0.05) is 41.9 Å². The fourth-order valence-corrected chi connectivity index (χ4v) is 3.05. The first kappa shape index (κ1) is 14.0. The zero-order valence-corrected chi connectivity index (χ0v) is 13.2. The highest BCUT2D eigenvalue weighted by Crippen LogP contribution is 2.42. The number of rotatable bonds is 4. The molecule has 2 unspecified atom stereocenters. The zero-order valence-electron chi connectivity index (χ0n) is 11.6. The summed E-state index contributed by atoms with van der Waals surface area (Å²) in [7, 11) is 1.81. The van der Waals surface area contributed by atoms with Crippen LogP contribution in [0.2, 0.25) is 0 Å². The number of benzene rings is 1. The quantitative estimate of drug-likeness (QED) is 0.916. The highest BCUT2D eigenvalue weighted by atomic mass is 79.9. The summed E-state index contributed by atoms with van der Waals surface area (Å²) in [6.07, 6.45) is 1.50. The number of methoxy groups -OCH3 is 1. The van der Waals surface area contributed by atoms with Gasteiger partial charge in [-0.05, 0) is 30.5 Å². The summed E-state index contributed by atoms with van der Waals surface area (Å²) in [6.45, 7) is 7.57. The van der Waals surface area contributed by atoms with Crippen molar-refractivity contribution < 1.29 is 4.74 Å². The molecule has 0 heterocycles. The molecule has 0 spiro atoms. The molecular formula is C15H22BrNO. The highest BCUT2D eigenvalue weighted by molar-refractivity contribution is 9.10. The molecule has 0 bridgehead atoms. The molecule has 0 amide bonds. The van der Waals surface area contributed by atoms with Gasteiger partial charge in [-0.15, -0.1) is 0 Å². The van der Waals surface area contributed by atoms with E-state index in [4.69, 9.17) is 4.74 Å². The van der Waals surface area contributed by atoms with Crippen molar-refractivity contribution in [2.75, 3.05) is 7.11 Å². The van der Waals surface area contributed by atoms with Gasteiger partial charge in [-0.3, -0.25) is 0 Å². The van der Waals surface area contributed by atoms with Gasteiger partial charge in [0.1, 0.15) is 0 Å². The van der Waals surface area contributed by atoms with E-state index in [1.165, 1.54) is 15.6 Å². The van der Waals surface area contributed by atoms with Gasteiger partial charge in [-0.2, -0.15) is 0 Å². The van der Waals surface area contributed by atoms with Crippen molar-refractivity contribution in [3.8, 4) is 0 Å². The second kappa shape index (κ2) is 5.32. The van der Waals surface area contributed by atoms with Crippen molar-refractivity contribution in [1.82, 2.24) is 5.32 Å². The lowest BCUT2D eigenvalue weighted by molar-refractivity contribution is -0.0979. The second-order valence-corrected chi connectivity index (χ2v) is 6.65. The third kappa shape index (κ3) is 2.63. The monoisotopic (exact) mass is 311 g/mol. The Morgan fingerprint density at radius 1 is 1.44 bits per heavy atom. The van der Waals surface area contributed by atoms with Gasteiger partial charge in [0.25, 0.3) is 0 Å². The first-order valence-electron chi connectivity index (χ1n) is 6.46. The predicted molar refractivity (Wildman–Crippen MR) is 78.7 cm³/mol. The second-order valence-electron chi connectivity index (χ2n) is 5.80. The van der Waals surface area contributed by atoms with Gasteiger partial charge < -0.3 is 10.1 Å². The lowest BCUT2D eigenvalue weighted by Gasteiger charge is -2.51. The van der Waals surface area contributed by atoms with E-state index in [0.717, 1.165) is 13.0 Å². The molecule has 1 fully saturated rings. The third-order valence-corrected chi connectivity index (χ3v) is 5.11. The normalized spacial score (nSPS) is 25.8. The lowest BCUT2D eigenvalue weighted by Crippen LogP contribution is -2.60. The summed E-state index contributed by atoms with van der Waals surface area (Å²) in [5.74, 6) is 0. The summed E-state index contributed by atoms with van der Waals surface area (Å²) in [5.41, 5.74) is 2.84. The van der Waals surface area contributed by atoms with Crippen LogP contribution in [0.15, 0.2) is 22.7 Å². The number of nitrogens with one attached hydrogen (secondary N) is 1. The van der Waals surface area contributed by atoms with Crippen LogP contribution in [0.5, 0.6) is 0 Å². The number of ether oxygens (including phenoxy) is 1. The number of halogens is 1. The minimum Gasteiger partial charge on any atom is -0.381 e. The van der Waals surface area contributed by atoms with Crippen LogP contribution in [-0.2, 0) is 11.3 Å². The van der Waals surface area contributed by atoms with Crippen molar-refractivity contribution in [2.45, 2.75) is 45.9 Å². The maximum Gasteiger partial charge on any atom is 0.0652 e. The summed E-state index contributed by atoms with van der Waals surface area (Å²) in [5, 5.41) is 3.64. The molecule has 1 aliphatic rings. The van der Waals surface area contributed by atoms with Gasteiger partial charge in [0, 0.05) is 29.6 Å². The smallest absolute Gasteiger partial charge is 0.0652 e. The van der Waals surface area contributed by atoms with E-state index in [2.05, 4.69) is 60.2 Å². The van der Waals surface area contributed by atoms with E-state index in [1.807, 2.05) is 0 Å². The largest absolute Gasteiger partial charge is 0.381 e. The van der Waals surface area contributed by atoms with E-state index in [0.29, 0.717) is 12.1 Å². The Morgan fingerprint density at radius 3 is 2.72 bits per heavy atom. The Balaban J connectivity index is 1.91. The van der Waals surface area contributed by atoms with Crippen molar-refractivity contribution in [3.63, 3.8) is 0 Å². The molecule has 0 radical (unpaired) electrons. The zero-order chi connectivity index (χ0) is 13.3. The number of hydrogen-bond acceptors (Lipinski definition) is 2. The average molecular weight is 312 g/mol. The minimum atomic E-state index is 0.233. The van der Waals surface area contributed by atoms with E-state index >= 15 is 0 Å². The third-order valence-electron chi connectivity index (χ3n) is 4.25. The molecule has 0 aliphatic heterocycles. The van der Waals surface area contributed by atoms with Crippen LogP contribution >= 0.6 is 15.9 Å². The topological polar surface area (TPSA) is 21.3 Å².